The first-order valence-electron chi connectivity index (χ1n) is 5.45. The first-order chi connectivity index (χ1) is 7.63. The summed E-state index contributed by atoms with van der Waals surface area (Å²) in [5.74, 6) is -0.185. The fourth-order valence-corrected chi connectivity index (χ4v) is 1.56. The van der Waals surface area contributed by atoms with E-state index in [1.165, 1.54) is 6.07 Å². The Morgan fingerprint density at radius 2 is 2.25 bits per heavy atom. The van der Waals surface area contributed by atoms with Crippen molar-refractivity contribution in [3.05, 3.63) is 35.6 Å². The van der Waals surface area contributed by atoms with Gasteiger partial charge in [-0.15, -0.1) is 0 Å². The summed E-state index contributed by atoms with van der Waals surface area (Å²) in [5, 5.41) is 8.57. The Kier molecular flexibility index (Phi) is 4.94. The van der Waals surface area contributed by atoms with Crippen LogP contribution in [0.3, 0.4) is 0 Å². The van der Waals surface area contributed by atoms with Crippen molar-refractivity contribution >= 4 is 0 Å². The smallest absolute Gasteiger partial charge is 0.123 e. The number of nitriles is 1. The van der Waals surface area contributed by atoms with Gasteiger partial charge in [-0.25, -0.2) is 4.39 Å². The van der Waals surface area contributed by atoms with Crippen LogP contribution in [0.4, 0.5) is 4.39 Å². The second-order valence-corrected chi connectivity index (χ2v) is 4.09. The minimum Gasteiger partial charge on any atom is -0.291 e. The zero-order valence-corrected chi connectivity index (χ0v) is 9.78. The topological polar surface area (TPSA) is 27.0 Å². The lowest BCUT2D eigenvalue weighted by Gasteiger charge is -2.21. The van der Waals surface area contributed by atoms with Gasteiger partial charge >= 0.3 is 0 Å². The molecule has 16 heavy (non-hydrogen) atoms. The minimum absolute atomic E-state index is 0.185. The van der Waals surface area contributed by atoms with Gasteiger partial charge in [-0.1, -0.05) is 12.1 Å². The van der Waals surface area contributed by atoms with E-state index in [2.05, 4.69) is 13.0 Å². The quantitative estimate of drug-likeness (QED) is 0.713. The summed E-state index contributed by atoms with van der Waals surface area (Å²) in [6.45, 7) is 2.51. The third-order valence-electron chi connectivity index (χ3n) is 2.81. The van der Waals surface area contributed by atoms with Gasteiger partial charge in [0.1, 0.15) is 5.82 Å². The first kappa shape index (κ1) is 12.7. The van der Waals surface area contributed by atoms with Crippen molar-refractivity contribution < 1.29 is 4.39 Å². The Hall–Kier alpha value is -1.40. The third-order valence-corrected chi connectivity index (χ3v) is 2.81. The van der Waals surface area contributed by atoms with Crippen LogP contribution >= 0.6 is 0 Å². The van der Waals surface area contributed by atoms with Crippen molar-refractivity contribution in [1.82, 2.24) is 4.90 Å². The average Bonchev–Trinajstić information content (AvgIpc) is 2.26. The second kappa shape index (κ2) is 6.24. The molecule has 0 radical (unpaired) electrons. The van der Waals surface area contributed by atoms with Crippen molar-refractivity contribution in [2.24, 2.45) is 0 Å². The molecule has 3 heteroatoms. The molecule has 1 aromatic carbocycles. The molecule has 2 nitrogen and oxygen atoms in total. The monoisotopic (exact) mass is 220 g/mol. The highest BCUT2D eigenvalue weighted by atomic mass is 19.1. The normalized spacial score (nSPS) is 12.4. The summed E-state index contributed by atoms with van der Waals surface area (Å²) in [4.78, 5) is 2.00. The standard InChI is InChI=1S/C13H17FN2/c1-11(16(2)9-8-15)6-7-12-4-3-5-13(14)10-12/h3-5,10-11H,6-7,9H2,1-2H3/t11-/m1/s1. The van der Waals surface area contributed by atoms with Gasteiger partial charge in [0.2, 0.25) is 0 Å². The molecule has 0 saturated carbocycles. The number of rotatable bonds is 5. The molecule has 0 amide bonds. The van der Waals surface area contributed by atoms with E-state index in [9.17, 15) is 4.39 Å². The van der Waals surface area contributed by atoms with E-state index in [0.29, 0.717) is 12.6 Å². The third kappa shape index (κ3) is 4.00. The van der Waals surface area contributed by atoms with Gasteiger partial charge in [-0.3, -0.25) is 4.90 Å². The van der Waals surface area contributed by atoms with Gasteiger partial charge in [-0.2, -0.15) is 5.26 Å². The molecular weight excluding hydrogens is 203 g/mol. The first-order valence-corrected chi connectivity index (χ1v) is 5.45. The van der Waals surface area contributed by atoms with Crippen LogP contribution in [0.15, 0.2) is 24.3 Å². The summed E-state index contributed by atoms with van der Waals surface area (Å²) in [7, 11) is 1.93. The van der Waals surface area contributed by atoms with Crippen LogP contribution in [-0.2, 0) is 6.42 Å². The van der Waals surface area contributed by atoms with Crippen molar-refractivity contribution in [3.8, 4) is 6.07 Å². The van der Waals surface area contributed by atoms with E-state index in [1.807, 2.05) is 18.0 Å². The van der Waals surface area contributed by atoms with Gasteiger partial charge in [0.05, 0.1) is 12.6 Å². The largest absolute Gasteiger partial charge is 0.291 e. The maximum absolute atomic E-state index is 12.9. The molecule has 1 atom stereocenters. The molecule has 86 valence electrons. The lowest BCUT2D eigenvalue weighted by atomic mass is 10.1. The number of aryl methyl sites for hydroxylation is 1. The average molecular weight is 220 g/mol. The van der Waals surface area contributed by atoms with E-state index in [0.717, 1.165) is 18.4 Å². The Bertz CT molecular complexity index is 370. The van der Waals surface area contributed by atoms with Crippen LogP contribution < -0.4 is 0 Å². The van der Waals surface area contributed by atoms with Crippen molar-refractivity contribution in [2.45, 2.75) is 25.8 Å². The van der Waals surface area contributed by atoms with Crippen LogP contribution in [0, 0.1) is 17.1 Å². The number of halogens is 1. The van der Waals surface area contributed by atoms with E-state index in [1.54, 1.807) is 12.1 Å². The van der Waals surface area contributed by atoms with Gasteiger partial charge in [-0.05, 0) is 44.5 Å². The Morgan fingerprint density at radius 3 is 2.88 bits per heavy atom. The molecular formula is C13H17FN2. The molecule has 0 aliphatic carbocycles. The van der Waals surface area contributed by atoms with Gasteiger partial charge in [0.25, 0.3) is 0 Å². The van der Waals surface area contributed by atoms with Crippen LogP contribution in [0.2, 0.25) is 0 Å². The fourth-order valence-electron chi connectivity index (χ4n) is 1.56. The summed E-state index contributed by atoms with van der Waals surface area (Å²) in [5.41, 5.74) is 1.01. The molecule has 0 heterocycles. The van der Waals surface area contributed by atoms with E-state index < -0.39 is 0 Å². The van der Waals surface area contributed by atoms with Crippen molar-refractivity contribution in [1.29, 1.82) is 5.26 Å². The fraction of sp³-hybridized carbons (Fsp3) is 0.462. The zero-order valence-electron chi connectivity index (χ0n) is 9.78. The number of nitrogens with zero attached hydrogens (tertiary/aromatic N) is 2. The Balaban J connectivity index is 2.43. The van der Waals surface area contributed by atoms with Crippen LogP contribution in [0.25, 0.3) is 0 Å². The summed E-state index contributed by atoms with van der Waals surface area (Å²) >= 11 is 0. The van der Waals surface area contributed by atoms with Gasteiger partial charge in [0.15, 0.2) is 0 Å². The van der Waals surface area contributed by atoms with E-state index in [-0.39, 0.29) is 5.82 Å². The van der Waals surface area contributed by atoms with Crippen LogP contribution in [0.5, 0.6) is 0 Å². The number of hydrogen-bond donors (Lipinski definition) is 0. The maximum atomic E-state index is 12.9. The molecule has 0 N–H and O–H groups in total. The highest BCUT2D eigenvalue weighted by Crippen LogP contribution is 2.10. The SMILES string of the molecule is C[C@H](CCc1cccc(F)c1)N(C)CC#N. The molecule has 0 unspecified atom stereocenters. The number of benzene rings is 1. The van der Waals surface area contributed by atoms with Gasteiger partial charge in [0, 0.05) is 6.04 Å². The molecule has 0 spiro atoms. The molecule has 0 bridgehead atoms. The molecule has 1 rings (SSSR count). The molecule has 0 fully saturated rings. The molecule has 0 aromatic heterocycles. The second-order valence-electron chi connectivity index (χ2n) is 4.09. The lowest BCUT2D eigenvalue weighted by Crippen LogP contribution is -2.29. The summed E-state index contributed by atoms with van der Waals surface area (Å²) < 4.78 is 12.9. The lowest BCUT2D eigenvalue weighted by molar-refractivity contribution is 0.274. The Morgan fingerprint density at radius 1 is 1.50 bits per heavy atom. The van der Waals surface area contributed by atoms with E-state index in [4.69, 9.17) is 5.26 Å². The molecule has 1 aromatic rings. The zero-order chi connectivity index (χ0) is 12.0. The summed E-state index contributed by atoms with van der Waals surface area (Å²) in [6.07, 6.45) is 1.77. The van der Waals surface area contributed by atoms with Crippen LogP contribution in [0.1, 0.15) is 18.9 Å². The predicted molar refractivity (Wildman–Crippen MR) is 62.4 cm³/mol. The van der Waals surface area contributed by atoms with E-state index >= 15 is 0 Å². The Labute approximate surface area is 96.3 Å². The van der Waals surface area contributed by atoms with Crippen molar-refractivity contribution in [3.63, 3.8) is 0 Å². The highest BCUT2D eigenvalue weighted by molar-refractivity contribution is 5.16. The van der Waals surface area contributed by atoms with Crippen molar-refractivity contribution in [2.75, 3.05) is 13.6 Å². The molecule has 0 aliphatic heterocycles. The molecule has 0 aliphatic rings. The minimum atomic E-state index is -0.185. The highest BCUT2D eigenvalue weighted by Gasteiger charge is 2.08. The van der Waals surface area contributed by atoms with Crippen LogP contribution in [-0.4, -0.2) is 24.5 Å². The molecule has 0 saturated heterocycles. The summed E-state index contributed by atoms with van der Waals surface area (Å²) in [6, 6.07) is 9.14. The van der Waals surface area contributed by atoms with Gasteiger partial charge < -0.3 is 0 Å². The number of hydrogen-bond acceptors (Lipinski definition) is 2. The maximum Gasteiger partial charge on any atom is 0.123 e. The predicted octanol–water partition coefficient (Wildman–Crippen LogP) is 2.60.